The normalized spacial score (nSPS) is 18.5. The van der Waals surface area contributed by atoms with Crippen LogP contribution in [0.5, 0.6) is 0 Å². The maximum Gasteiger partial charge on any atom is 0.381 e. The van der Waals surface area contributed by atoms with E-state index in [0.717, 1.165) is 12.3 Å². The van der Waals surface area contributed by atoms with Gasteiger partial charge in [0.2, 0.25) is 0 Å². The molecule has 8 heteroatoms. The minimum Gasteiger partial charge on any atom is -0.463 e. The number of hydrogen-bond acceptors (Lipinski definition) is 2. The maximum atomic E-state index is 11.6. The van der Waals surface area contributed by atoms with E-state index in [0.29, 0.717) is 0 Å². The van der Waals surface area contributed by atoms with E-state index in [2.05, 4.69) is 4.42 Å². The average molecular weight is 221 g/mol. The minimum absolute atomic E-state index is 0.0540. The second-order valence-electron chi connectivity index (χ2n) is 2.18. The first kappa shape index (κ1) is 10.0. The van der Waals surface area contributed by atoms with Crippen molar-refractivity contribution in [1.29, 1.82) is 0 Å². The summed E-state index contributed by atoms with van der Waals surface area (Å²) in [4.78, 5) is 0. The van der Waals surface area contributed by atoms with E-state index in [1.807, 2.05) is 0 Å². The molecule has 0 aliphatic carbocycles. The van der Waals surface area contributed by atoms with Crippen molar-refractivity contribution in [2.75, 3.05) is 0 Å². The molecular weight excluding hydrogens is 217 g/mol. The molecule has 1 heterocycles. The van der Waals surface area contributed by atoms with E-state index >= 15 is 0 Å². The highest BCUT2D eigenvalue weighted by Crippen LogP contribution is 2.98. The highest BCUT2D eigenvalue weighted by molar-refractivity contribution is 8.44. The summed E-state index contributed by atoms with van der Waals surface area (Å²) in [5.41, 5.74) is 0. The standard InChI is InChI=1S/C5H4F5NOS/c6-13(7,8,9,10)11-4-5-2-1-3-12-5/h1-4H. The Kier molecular flexibility index (Phi) is 1.59. The fraction of sp³-hybridized carbons (Fsp3) is 0. The van der Waals surface area contributed by atoms with Crippen LogP contribution in [0.2, 0.25) is 0 Å². The molecule has 1 rings (SSSR count). The van der Waals surface area contributed by atoms with Crippen LogP contribution in [0.25, 0.3) is 0 Å². The Bertz CT molecular complexity index is 324. The van der Waals surface area contributed by atoms with Crippen molar-refractivity contribution >= 4 is 16.6 Å². The predicted octanol–water partition coefficient (Wildman–Crippen LogP) is 3.91. The molecule has 0 unspecified atom stereocenters. The summed E-state index contributed by atoms with van der Waals surface area (Å²) >= 11 is 0. The van der Waals surface area contributed by atoms with Crippen LogP contribution in [0, 0.1) is 0 Å². The van der Waals surface area contributed by atoms with Gasteiger partial charge < -0.3 is 4.42 Å². The Morgan fingerprint density at radius 1 is 1.23 bits per heavy atom. The Morgan fingerprint density at radius 3 is 2.23 bits per heavy atom. The zero-order valence-corrected chi connectivity index (χ0v) is 6.78. The Balaban J connectivity index is 2.94. The fourth-order valence-corrected chi connectivity index (χ4v) is 0.819. The van der Waals surface area contributed by atoms with Gasteiger partial charge in [-0.3, -0.25) is 0 Å². The summed E-state index contributed by atoms with van der Waals surface area (Å²) in [7, 11) is -9.69. The molecule has 0 N–H and O–H groups in total. The second kappa shape index (κ2) is 2.06. The number of hydrogen-bond donors (Lipinski definition) is 0. The number of furan rings is 1. The summed E-state index contributed by atoms with van der Waals surface area (Å²) in [5, 5.41) is 0. The van der Waals surface area contributed by atoms with Crippen molar-refractivity contribution in [2.45, 2.75) is 0 Å². The third-order valence-electron chi connectivity index (χ3n) is 0.922. The van der Waals surface area contributed by atoms with Crippen LogP contribution in [0.1, 0.15) is 5.76 Å². The summed E-state index contributed by atoms with van der Waals surface area (Å²) in [5.74, 6) is -0.381. The number of halogens is 5. The maximum absolute atomic E-state index is 11.6. The van der Waals surface area contributed by atoms with Crippen LogP contribution in [0.15, 0.2) is 27.2 Å². The summed E-state index contributed by atoms with van der Waals surface area (Å²) < 4.78 is 63.5. The molecule has 0 aliphatic rings. The molecule has 0 aliphatic heterocycles. The topological polar surface area (TPSA) is 25.5 Å². The first-order valence-corrected chi connectivity index (χ1v) is 4.80. The van der Waals surface area contributed by atoms with Crippen molar-refractivity contribution < 1.29 is 23.8 Å². The van der Waals surface area contributed by atoms with Gasteiger partial charge in [-0.2, -0.15) is 0 Å². The zero-order chi connectivity index (χ0) is 10.2. The van der Waals surface area contributed by atoms with E-state index in [-0.39, 0.29) is 12.0 Å². The van der Waals surface area contributed by atoms with Gasteiger partial charge in [-0.05, 0) is 12.1 Å². The average Bonchev–Trinajstić information content (AvgIpc) is 2.29. The van der Waals surface area contributed by atoms with Crippen LogP contribution in [-0.2, 0) is 0 Å². The molecule has 76 valence electrons. The van der Waals surface area contributed by atoms with Gasteiger partial charge in [0.15, 0.2) is 0 Å². The lowest BCUT2D eigenvalue weighted by Crippen LogP contribution is -2.00. The summed E-state index contributed by atoms with van der Waals surface area (Å²) in [6.45, 7) is 0. The molecule has 0 aromatic carbocycles. The van der Waals surface area contributed by atoms with Gasteiger partial charge in [0.1, 0.15) is 5.76 Å². The number of rotatable bonds is 2. The van der Waals surface area contributed by atoms with Crippen LogP contribution >= 0.6 is 10.4 Å². The van der Waals surface area contributed by atoms with Crippen LogP contribution < -0.4 is 0 Å². The van der Waals surface area contributed by atoms with Gasteiger partial charge in [-0.25, -0.2) is 0 Å². The molecule has 1 aromatic rings. The lowest BCUT2D eigenvalue weighted by Gasteiger charge is -2.34. The summed E-state index contributed by atoms with van der Waals surface area (Å²) in [6.07, 6.45) is 0.994. The largest absolute Gasteiger partial charge is 0.463 e. The number of nitrogens with zero attached hydrogens (tertiary/aromatic N) is 1. The van der Waals surface area contributed by atoms with E-state index < -0.39 is 10.4 Å². The third-order valence-corrected chi connectivity index (χ3v) is 1.43. The van der Waals surface area contributed by atoms with Crippen LogP contribution in [0.4, 0.5) is 19.4 Å². The van der Waals surface area contributed by atoms with Crippen molar-refractivity contribution in [3.8, 4) is 0 Å². The van der Waals surface area contributed by atoms with E-state index in [4.69, 9.17) is 0 Å². The third kappa shape index (κ3) is 4.51. The molecule has 0 spiro atoms. The fourth-order valence-electron chi connectivity index (χ4n) is 0.516. The second-order valence-corrected chi connectivity index (χ2v) is 4.25. The first-order chi connectivity index (χ1) is 5.55. The Morgan fingerprint density at radius 2 is 1.85 bits per heavy atom. The predicted molar refractivity (Wildman–Crippen MR) is 39.4 cm³/mol. The Labute approximate surface area is 69.9 Å². The van der Waals surface area contributed by atoms with Gasteiger partial charge in [0.05, 0.1) is 12.5 Å². The minimum atomic E-state index is -9.69. The smallest absolute Gasteiger partial charge is 0.381 e. The lowest BCUT2D eigenvalue weighted by molar-refractivity contribution is 0.367. The van der Waals surface area contributed by atoms with E-state index in [1.54, 1.807) is 0 Å². The quantitative estimate of drug-likeness (QED) is 0.549. The molecule has 0 atom stereocenters. The molecule has 2 nitrogen and oxygen atoms in total. The molecule has 0 fully saturated rings. The van der Waals surface area contributed by atoms with Gasteiger partial charge >= 0.3 is 10.4 Å². The van der Waals surface area contributed by atoms with Crippen LogP contribution in [0.3, 0.4) is 0 Å². The molecule has 1 aromatic heterocycles. The lowest BCUT2D eigenvalue weighted by atomic mass is 10.5. The molecule has 13 heavy (non-hydrogen) atoms. The van der Waals surface area contributed by atoms with Gasteiger partial charge in [-0.1, -0.05) is 19.4 Å². The van der Waals surface area contributed by atoms with Crippen molar-refractivity contribution in [3.05, 3.63) is 24.2 Å². The van der Waals surface area contributed by atoms with Gasteiger partial charge in [0.25, 0.3) is 0 Å². The summed E-state index contributed by atoms with van der Waals surface area (Å²) in [6, 6.07) is 2.33. The molecule has 0 amide bonds. The van der Waals surface area contributed by atoms with Crippen molar-refractivity contribution in [2.24, 2.45) is 4.40 Å². The van der Waals surface area contributed by atoms with Crippen molar-refractivity contribution in [3.63, 3.8) is 0 Å². The SMILES string of the molecule is FS(F)(F)(F)(F)N=Cc1ccco1. The highest BCUT2D eigenvalue weighted by Gasteiger charge is 2.63. The van der Waals surface area contributed by atoms with E-state index in [1.165, 1.54) is 10.5 Å². The monoisotopic (exact) mass is 221 g/mol. The Hall–Kier alpha value is -1.05. The molecular formula is C5H4F5NOS. The molecule has 0 saturated carbocycles. The molecule has 0 bridgehead atoms. The highest BCUT2D eigenvalue weighted by atomic mass is 32.5. The van der Waals surface area contributed by atoms with Gasteiger partial charge in [-0.15, -0.1) is 4.40 Å². The van der Waals surface area contributed by atoms with Gasteiger partial charge in [0, 0.05) is 0 Å². The zero-order valence-electron chi connectivity index (χ0n) is 5.96. The molecule has 0 saturated heterocycles. The molecule has 0 radical (unpaired) electrons. The van der Waals surface area contributed by atoms with E-state index in [9.17, 15) is 19.4 Å². The first-order valence-electron chi connectivity index (χ1n) is 2.90. The van der Waals surface area contributed by atoms with Crippen LogP contribution in [-0.4, -0.2) is 6.21 Å². The van der Waals surface area contributed by atoms with Crippen molar-refractivity contribution in [1.82, 2.24) is 0 Å².